The number of nitrogens with one attached hydrogen (secondary N) is 1. The minimum Gasteiger partial charge on any atom is -0.375 e. The van der Waals surface area contributed by atoms with E-state index in [-0.39, 0.29) is 5.60 Å². The second kappa shape index (κ2) is 5.50. The van der Waals surface area contributed by atoms with E-state index < -0.39 is 0 Å². The molecule has 1 atom stereocenters. The van der Waals surface area contributed by atoms with Crippen molar-refractivity contribution >= 4 is 0 Å². The van der Waals surface area contributed by atoms with E-state index in [9.17, 15) is 0 Å². The number of rotatable bonds is 4. The topological polar surface area (TPSA) is 24.5 Å². The summed E-state index contributed by atoms with van der Waals surface area (Å²) in [6.07, 6.45) is 8.38. The van der Waals surface area contributed by atoms with Crippen molar-refractivity contribution in [1.82, 2.24) is 10.2 Å². The van der Waals surface area contributed by atoms with E-state index in [2.05, 4.69) is 37.9 Å². The summed E-state index contributed by atoms with van der Waals surface area (Å²) in [5, 5.41) is 3.94. The summed E-state index contributed by atoms with van der Waals surface area (Å²) in [5.41, 5.74) is 0.752. The molecular formula is C18H34N2O. The Balaban J connectivity index is 1.65. The van der Waals surface area contributed by atoms with Crippen molar-refractivity contribution in [2.75, 3.05) is 26.2 Å². The Morgan fingerprint density at radius 1 is 1.19 bits per heavy atom. The lowest BCUT2D eigenvalue weighted by atomic mass is 9.84. The summed E-state index contributed by atoms with van der Waals surface area (Å²) >= 11 is 0. The van der Waals surface area contributed by atoms with Gasteiger partial charge in [0.25, 0.3) is 0 Å². The molecule has 1 spiro atoms. The van der Waals surface area contributed by atoms with Crippen molar-refractivity contribution < 1.29 is 4.74 Å². The van der Waals surface area contributed by atoms with Crippen LogP contribution in [-0.2, 0) is 4.74 Å². The third-order valence-corrected chi connectivity index (χ3v) is 5.92. The minimum absolute atomic E-state index is 0.0172. The van der Waals surface area contributed by atoms with E-state index in [0.29, 0.717) is 11.1 Å². The van der Waals surface area contributed by atoms with Gasteiger partial charge in [-0.15, -0.1) is 0 Å². The fraction of sp³-hybridized carbons (Fsp3) is 1.00. The van der Waals surface area contributed by atoms with Crippen LogP contribution in [0.2, 0.25) is 0 Å². The van der Waals surface area contributed by atoms with Gasteiger partial charge in [-0.3, -0.25) is 4.90 Å². The fourth-order valence-corrected chi connectivity index (χ4v) is 4.40. The SMILES string of the molecule is CC(C)(C)OCCN1CC(C)(C2CC2)NCC12CCCC2. The van der Waals surface area contributed by atoms with Crippen LogP contribution in [0.5, 0.6) is 0 Å². The quantitative estimate of drug-likeness (QED) is 0.862. The molecule has 0 aromatic carbocycles. The van der Waals surface area contributed by atoms with Gasteiger partial charge in [-0.2, -0.15) is 0 Å². The molecule has 1 unspecified atom stereocenters. The Kier molecular flexibility index (Phi) is 4.13. The lowest BCUT2D eigenvalue weighted by Crippen LogP contribution is -2.69. The first-order valence-electron chi connectivity index (χ1n) is 8.97. The molecule has 0 aromatic rings. The molecule has 1 saturated heterocycles. The maximum atomic E-state index is 6.02. The van der Waals surface area contributed by atoms with Gasteiger partial charge in [0.2, 0.25) is 0 Å². The zero-order valence-electron chi connectivity index (χ0n) is 14.5. The van der Waals surface area contributed by atoms with Crippen LogP contribution in [0.4, 0.5) is 0 Å². The fourth-order valence-electron chi connectivity index (χ4n) is 4.40. The molecule has 1 aliphatic heterocycles. The van der Waals surface area contributed by atoms with Gasteiger partial charge in [0.05, 0.1) is 12.2 Å². The first kappa shape index (κ1) is 15.8. The zero-order chi connectivity index (χ0) is 15.1. The molecule has 0 radical (unpaired) electrons. The van der Waals surface area contributed by atoms with Crippen molar-refractivity contribution in [2.24, 2.45) is 5.92 Å². The van der Waals surface area contributed by atoms with Gasteiger partial charge >= 0.3 is 0 Å². The molecule has 2 saturated carbocycles. The second-order valence-electron chi connectivity index (χ2n) is 8.86. The number of ether oxygens (including phenoxy) is 1. The van der Waals surface area contributed by atoms with Crippen LogP contribution in [0, 0.1) is 5.92 Å². The molecule has 1 N–H and O–H groups in total. The Morgan fingerprint density at radius 3 is 2.43 bits per heavy atom. The van der Waals surface area contributed by atoms with Gasteiger partial charge in [0, 0.05) is 30.7 Å². The maximum Gasteiger partial charge on any atom is 0.0600 e. The van der Waals surface area contributed by atoms with Crippen molar-refractivity contribution in [3.8, 4) is 0 Å². The minimum atomic E-state index is -0.0172. The molecule has 3 nitrogen and oxygen atoms in total. The third kappa shape index (κ3) is 3.46. The highest BCUT2D eigenvalue weighted by Gasteiger charge is 2.51. The van der Waals surface area contributed by atoms with Gasteiger partial charge < -0.3 is 10.1 Å². The van der Waals surface area contributed by atoms with E-state index in [1.54, 1.807) is 0 Å². The maximum absolute atomic E-state index is 6.02. The number of nitrogens with zero attached hydrogens (tertiary/aromatic N) is 1. The van der Waals surface area contributed by atoms with E-state index in [4.69, 9.17) is 4.74 Å². The summed E-state index contributed by atoms with van der Waals surface area (Å²) in [4.78, 5) is 2.79. The van der Waals surface area contributed by atoms with Crippen molar-refractivity contribution in [1.29, 1.82) is 0 Å². The molecule has 1 heterocycles. The van der Waals surface area contributed by atoms with Crippen LogP contribution in [-0.4, -0.2) is 47.8 Å². The van der Waals surface area contributed by atoms with Crippen molar-refractivity contribution in [2.45, 2.75) is 82.9 Å². The largest absolute Gasteiger partial charge is 0.375 e. The molecule has 2 aliphatic carbocycles. The molecule has 0 amide bonds. The van der Waals surface area contributed by atoms with E-state index in [1.807, 2.05) is 0 Å². The molecular weight excluding hydrogens is 260 g/mol. The molecule has 3 aliphatic rings. The monoisotopic (exact) mass is 294 g/mol. The molecule has 21 heavy (non-hydrogen) atoms. The number of hydrogen-bond donors (Lipinski definition) is 1. The van der Waals surface area contributed by atoms with Gasteiger partial charge in [0.1, 0.15) is 0 Å². The summed E-state index contributed by atoms with van der Waals surface area (Å²) in [7, 11) is 0. The lowest BCUT2D eigenvalue weighted by Gasteiger charge is -2.53. The highest BCUT2D eigenvalue weighted by Crippen LogP contribution is 2.45. The number of hydrogen-bond acceptors (Lipinski definition) is 3. The zero-order valence-corrected chi connectivity index (χ0v) is 14.5. The Labute approximate surface area is 130 Å². The molecule has 122 valence electrons. The average molecular weight is 294 g/mol. The summed E-state index contributed by atoms with van der Waals surface area (Å²) in [6.45, 7) is 13.3. The van der Waals surface area contributed by atoms with Crippen LogP contribution in [0.15, 0.2) is 0 Å². The van der Waals surface area contributed by atoms with Gasteiger partial charge in [-0.25, -0.2) is 0 Å². The first-order valence-corrected chi connectivity index (χ1v) is 8.97. The Bertz CT molecular complexity index is 366. The van der Waals surface area contributed by atoms with Crippen LogP contribution < -0.4 is 5.32 Å². The Hall–Kier alpha value is -0.120. The summed E-state index contributed by atoms with van der Waals surface area (Å²) < 4.78 is 6.02. The predicted molar refractivity (Wildman–Crippen MR) is 87.6 cm³/mol. The molecule has 3 heteroatoms. The van der Waals surface area contributed by atoms with Gasteiger partial charge in [0.15, 0.2) is 0 Å². The molecule has 3 rings (SSSR count). The summed E-state index contributed by atoms with van der Waals surface area (Å²) in [5.74, 6) is 0.905. The van der Waals surface area contributed by atoms with Gasteiger partial charge in [-0.05, 0) is 59.3 Å². The van der Waals surface area contributed by atoms with Crippen LogP contribution in [0.25, 0.3) is 0 Å². The first-order chi connectivity index (χ1) is 9.83. The van der Waals surface area contributed by atoms with Crippen LogP contribution in [0.3, 0.4) is 0 Å². The molecule has 3 fully saturated rings. The van der Waals surface area contributed by atoms with E-state index in [0.717, 1.165) is 19.1 Å². The molecule has 0 aromatic heterocycles. The second-order valence-corrected chi connectivity index (χ2v) is 8.86. The Morgan fingerprint density at radius 2 is 1.86 bits per heavy atom. The summed E-state index contributed by atoms with van der Waals surface area (Å²) in [6, 6.07) is 0. The number of piperazine rings is 1. The van der Waals surface area contributed by atoms with Crippen LogP contribution in [0.1, 0.15) is 66.2 Å². The smallest absolute Gasteiger partial charge is 0.0600 e. The van der Waals surface area contributed by atoms with Gasteiger partial charge in [-0.1, -0.05) is 12.8 Å². The standard InChI is InChI=1S/C18H34N2O/c1-16(2,3)21-12-11-20-14-17(4,15-7-8-15)19-13-18(20)9-5-6-10-18/h15,19H,5-14H2,1-4H3. The highest BCUT2D eigenvalue weighted by atomic mass is 16.5. The highest BCUT2D eigenvalue weighted by molar-refractivity contribution is 5.10. The lowest BCUT2D eigenvalue weighted by molar-refractivity contribution is -0.0499. The normalized spacial score (nSPS) is 33.7. The van der Waals surface area contributed by atoms with E-state index in [1.165, 1.54) is 51.6 Å². The van der Waals surface area contributed by atoms with Crippen molar-refractivity contribution in [3.63, 3.8) is 0 Å². The van der Waals surface area contributed by atoms with E-state index >= 15 is 0 Å². The van der Waals surface area contributed by atoms with Crippen molar-refractivity contribution in [3.05, 3.63) is 0 Å². The molecule has 0 bridgehead atoms. The predicted octanol–water partition coefficient (Wildman–Crippen LogP) is 3.19. The average Bonchev–Trinajstić information content (AvgIpc) is 3.15. The third-order valence-electron chi connectivity index (χ3n) is 5.92. The van der Waals surface area contributed by atoms with Crippen LogP contribution >= 0.6 is 0 Å².